The molecule has 2 amide bonds. The van der Waals surface area contributed by atoms with Crippen molar-refractivity contribution >= 4 is 33.2 Å². The number of nitrogens with one attached hydrogen (secondary N) is 1. The summed E-state index contributed by atoms with van der Waals surface area (Å²) in [6.07, 6.45) is 0. The van der Waals surface area contributed by atoms with Gasteiger partial charge in [-0.3, -0.25) is 9.59 Å². The average Bonchev–Trinajstić information content (AvgIpc) is 3.62. The number of sulfonamides is 1. The molecule has 1 aliphatic rings. The fourth-order valence-corrected chi connectivity index (χ4v) is 6.94. The first-order chi connectivity index (χ1) is 18.3. The minimum Gasteiger partial charge on any atom is -0.347 e. The van der Waals surface area contributed by atoms with Crippen LogP contribution in [0.5, 0.6) is 0 Å². The van der Waals surface area contributed by atoms with Crippen molar-refractivity contribution in [2.45, 2.75) is 17.7 Å². The summed E-state index contributed by atoms with van der Waals surface area (Å²) in [7, 11) is -3.70. The van der Waals surface area contributed by atoms with Crippen LogP contribution in [0.3, 0.4) is 0 Å². The Morgan fingerprint density at radius 1 is 0.947 bits per heavy atom. The summed E-state index contributed by atoms with van der Waals surface area (Å²) >= 11 is 1.13. The highest BCUT2D eigenvalue weighted by Crippen LogP contribution is 2.26. The molecule has 1 N–H and O–H groups in total. The lowest BCUT2D eigenvalue weighted by Gasteiger charge is -2.33. The maximum Gasteiger partial charge on any atom is 0.253 e. The van der Waals surface area contributed by atoms with Gasteiger partial charge in [-0.05, 0) is 36.4 Å². The molecule has 0 spiro atoms. The monoisotopic (exact) mass is 551 g/mol. The van der Waals surface area contributed by atoms with E-state index in [1.54, 1.807) is 72.5 Å². The van der Waals surface area contributed by atoms with E-state index in [2.05, 4.69) is 15.5 Å². The van der Waals surface area contributed by atoms with Gasteiger partial charge in [0, 0.05) is 54.7 Å². The maximum atomic E-state index is 13.2. The topological polar surface area (TPSA) is 126 Å². The number of hydrogen-bond donors (Lipinski definition) is 1. The predicted octanol–water partition coefficient (Wildman–Crippen LogP) is 3.18. The molecule has 3 heterocycles. The van der Waals surface area contributed by atoms with Gasteiger partial charge < -0.3 is 14.7 Å². The van der Waals surface area contributed by atoms with Crippen LogP contribution in [0, 0.1) is 6.92 Å². The zero-order valence-electron chi connectivity index (χ0n) is 20.5. The molecule has 196 valence electrons. The van der Waals surface area contributed by atoms with Crippen LogP contribution in [0.15, 0.2) is 75.5 Å². The van der Waals surface area contributed by atoms with Crippen LogP contribution >= 0.6 is 11.3 Å². The molecule has 38 heavy (non-hydrogen) atoms. The molecule has 0 atom stereocenters. The minimum atomic E-state index is -3.70. The van der Waals surface area contributed by atoms with Crippen molar-refractivity contribution < 1.29 is 22.5 Å². The molecular weight excluding hydrogens is 526 g/mol. The highest BCUT2D eigenvalue weighted by molar-refractivity contribution is 7.91. The average molecular weight is 552 g/mol. The van der Waals surface area contributed by atoms with E-state index in [-0.39, 0.29) is 48.7 Å². The normalized spacial score (nSPS) is 14.4. The van der Waals surface area contributed by atoms with E-state index in [0.717, 1.165) is 21.8 Å². The Kier molecular flexibility index (Phi) is 7.36. The summed E-state index contributed by atoms with van der Waals surface area (Å²) in [5.74, 6) is 0.534. The number of aryl methyl sites for hydroxylation is 1. The van der Waals surface area contributed by atoms with Crippen LogP contribution in [-0.4, -0.2) is 65.8 Å². The molecule has 0 aliphatic carbocycles. The van der Waals surface area contributed by atoms with E-state index in [1.165, 1.54) is 4.31 Å². The van der Waals surface area contributed by atoms with Crippen molar-refractivity contribution in [3.63, 3.8) is 0 Å². The van der Waals surface area contributed by atoms with E-state index in [0.29, 0.717) is 22.8 Å². The molecule has 0 saturated carbocycles. The second kappa shape index (κ2) is 10.9. The van der Waals surface area contributed by atoms with E-state index < -0.39 is 10.0 Å². The zero-order chi connectivity index (χ0) is 26.7. The molecule has 10 nitrogen and oxygen atoms in total. The molecule has 1 aliphatic heterocycles. The van der Waals surface area contributed by atoms with E-state index in [9.17, 15) is 18.0 Å². The highest BCUT2D eigenvalue weighted by Gasteiger charge is 2.31. The Labute approximate surface area is 223 Å². The molecule has 5 rings (SSSR count). The molecule has 1 fully saturated rings. The number of carbonyl (C=O) groups is 2. The summed E-state index contributed by atoms with van der Waals surface area (Å²) in [4.78, 5) is 31.8. The standard InChI is InChI=1S/C26H25N5O5S2/c1-18-28-24(29-36-18)19-7-9-21(10-8-19)26(33)30-13-15-31(16-14-30)38(34,35)23-12-11-22(37-23)17-27-25(32)20-5-3-2-4-6-20/h2-12H,13-17H2,1H3,(H,27,32). The third kappa shape index (κ3) is 5.52. The summed E-state index contributed by atoms with van der Waals surface area (Å²) in [5.41, 5.74) is 1.79. The lowest BCUT2D eigenvalue weighted by molar-refractivity contribution is 0.0698. The van der Waals surface area contributed by atoms with Crippen LogP contribution in [0.1, 0.15) is 31.5 Å². The predicted molar refractivity (Wildman–Crippen MR) is 141 cm³/mol. The van der Waals surface area contributed by atoms with Crippen LogP contribution in [0.2, 0.25) is 0 Å². The first-order valence-electron chi connectivity index (χ1n) is 11.9. The van der Waals surface area contributed by atoms with Gasteiger partial charge in [0.1, 0.15) is 4.21 Å². The lowest BCUT2D eigenvalue weighted by atomic mass is 10.1. The molecule has 12 heteroatoms. The smallest absolute Gasteiger partial charge is 0.253 e. The number of carbonyl (C=O) groups excluding carboxylic acids is 2. The second-order valence-corrected chi connectivity index (χ2v) is 12.0. The van der Waals surface area contributed by atoms with Crippen molar-refractivity contribution in [2.75, 3.05) is 26.2 Å². The molecule has 2 aromatic carbocycles. The highest BCUT2D eigenvalue weighted by atomic mass is 32.2. The van der Waals surface area contributed by atoms with Gasteiger partial charge in [-0.2, -0.15) is 9.29 Å². The number of piperazine rings is 1. The van der Waals surface area contributed by atoms with Gasteiger partial charge in [-0.1, -0.05) is 35.5 Å². The van der Waals surface area contributed by atoms with Crippen LogP contribution in [-0.2, 0) is 16.6 Å². The number of benzene rings is 2. The second-order valence-electron chi connectivity index (χ2n) is 8.68. The molecular formula is C26H25N5O5S2. The van der Waals surface area contributed by atoms with E-state index in [4.69, 9.17) is 4.52 Å². The van der Waals surface area contributed by atoms with Gasteiger partial charge in [-0.15, -0.1) is 11.3 Å². The zero-order valence-corrected chi connectivity index (χ0v) is 22.2. The van der Waals surface area contributed by atoms with Crippen LogP contribution in [0.4, 0.5) is 0 Å². The van der Waals surface area contributed by atoms with Gasteiger partial charge in [0.2, 0.25) is 11.7 Å². The summed E-state index contributed by atoms with van der Waals surface area (Å²) < 4.78 is 33.0. The molecule has 0 unspecified atom stereocenters. The molecule has 0 radical (unpaired) electrons. The minimum absolute atomic E-state index is 0.162. The SMILES string of the molecule is Cc1nc(-c2ccc(C(=O)N3CCN(S(=O)(=O)c4ccc(CNC(=O)c5ccccc5)s4)CC3)cc2)no1. The number of hydrogen-bond acceptors (Lipinski definition) is 8. The number of aromatic nitrogens is 2. The van der Waals surface area contributed by atoms with E-state index >= 15 is 0 Å². The molecule has 1 saturated heterocycles. The number of rotatable bonds is 7. The van der Waals surface area contributed by atoms with Gasteiger partial charge in [0.05, 0.1) is 6.54 Å². The largest absolute Gasteiger partial charge is 0.347 e. The fourth-order valence-electron chi connectivity index (χ4n) is 4.07. The molecule has 0 bridgehead atoms. The number of nitrogens with zero attached hydrogens (tertiary/aromatic N) is 4. The summed E-state index contributed by atoms with van der Waals surface area (Å²) in [6.45, 7) is 2.92. The third-order valence-corrected chi connectivity index (χ3v) is 9.59. The maximum absolute atomic E-state index is 13.2. The van der Waals surface area contributed by atoms with Crippen molar-refractivity contribution in [2.24, 2.45) is 0 Å². The van der Waals surface area contributed by atoms with Crippen LogP contribution in [0.25, 0.3) is 11.4 Å². The molecule has 4 aromatic rings. The first-order valence-corrected chi connectivity index (χ1v) is 14.2. The first kappa shape index (κ1) is 25.8. The van der Waals surface area contributed by atoms with Gasteiger partial charge in [-0.25, -0.2) is 8.42 Å². The number of thiophene rings is 1. The van der Waals surface area contributed by atoms with Gasteiger partial charge in [0.15, 0.2) is 0 Å². The third-order valence-electron chi connectivity index (χ3n) is 6.13. The Bertz CT molecular complexity index is 1540. The molecule has 2 aromatic heterocycles. The quantitative estimate of drug-likeness (QED) is 0.374. The van der Waals surface area contributed by atoms with E-state index in [1.807, 2.05) is 6.07 Å². The fraction of sp³-hybridized carbons (Fsp3) is 0.231. The Hall–Kier alpha value is -3.87. The van der Waals surface area contributed by atoms with Crippen LogP contribution < -0.4 is 5.32 Å². The number of amides is 2. The summed E-state index contributed by atoms with van der Waals surface area (Å²) in [5, 5.41) is 6.69. The van der Waals surface area contributed by atoms with Gasteiger partial charge in [0.25, 0.3) is 21.8 Å². The van der Waals surface area contributed by atoms with Crippen molar-refractivity contribution in [3.05, 3.63) is 88.6 Å². The Morgan fingerprint density at radius 3 is 2.32 bits per heavy atom. The lowest BCUT2D eigenvalue weighted by Crippen LogP contribution is -2.50. The van der Waals surface area contributed by atoms with Crippen molar-refractivity contribution in [1.29, 1.82) is 0 Å². The Morgan fingerprint density at radius 2 is 1.66 bits per heavy atom. The summed E-state index contributed by atoms with van der Waals surface area (Å²) in [6, 6.07) is 19.0. The van der Waals surface area contributed by atoms with Crippen molar-refractivity contribution in [3.8, 4) is 11.4 Å². The Balaban J connectivity index is 1.16. The van der Waals surface area contributed by atoms with Gasteiger partial charge >= 0.3 is 0 Å². The van der Waals surface area contributed by atoms with Crippen molar-refractivity contribution in [1.82, 2.24) is 24.7 Å².